The van der Waals surface area contributed by atoms with E-state index in [4.69, 9.17) is 16.0 Å². The summed E-state index contributed by atoms with van der Waals surface area (Å²) in [7, 11) is 1.27. The normalized spacial score (nSPS) is 11.6. The standard InChI is InChI=1S/C4H13ClOSi2/c5-3-1-2-4-6-8-7/h1-4,8H2,7H3. The van der Waals surface area contributed by atoms with Crippen LogP contribution in [0, 0.1) is 0 Å². The van der Waals surface area contributed by atoms with Crippen molar-refractivity contribution in [3.63, 3.8) is 0 Å². The molecular weight excluding hydrogens is 156 g/mol. The third-order valence-corrected chi connectivity index (χ3v) is 3.07. The van der Waals surface area contributed by atoms with E-state index in [1.54, 1.807) is 0 Å². The van der Waals surface area contributed by atoms with E-state index in [2.05, 4.69) is 0 Å². The van der Waals surface area contributed by atoms with Crippen LogP contribution in [0.15, 0.2) is 0 Å². The van der Waals surface area contributed by atoms with Crippen LogP contribution in [-0.4, -0.2) is 31.5 Å². The van der Waals surface area contributed by atoms with Crippen molar-refractivity contribution < 1.29 is 4.43 Å². The third kappa shape index (κ3) is 6.68. The van der Waals surface area contributed by atoms with E-state index in [1.807, 2.05) is 0 Å². The highest BCUT2D eigenvalue weighted by Crippen LogP contribution is 1.90. The highest BCUT2D eigenvalue weighted by molar-refractivity contribution is 6.85. The summed E-state index contributed by atoms with van der Waals surface area (Å²) in [5.41, 5.74) is 0. The van der Waals surface area contributed by atoms with Gasteiger partial charge in [0.15, 0.2) is 0 Å². The smallest absolute Gasteiger partial charge is 0.139 e. The minimum absolute atomic E-state index is 0.0182. The summed E-state index contributed by atoms with van der Waals surface area (Å²) in [4.78, 5) is 0. The molecular formula is C4H13ClOSi2. The Morgan fingerprint density at radius 3 is 2.75 bits per heavy atom. The van der Waals surface area contributed by atoms with Gasteiger partial charge in [-0.3, -0.25) is 0 Å². The quantitative estimate of drug-likeness (QED) is 0.303. The van der Waals surface area contributed by atoms with Gasteiger partial charge in [-0.15, -0.1) is 11.6 Å². The fourth-order valence-corrected chi connectivity index (χ4v) is 1.99. The second-order valence-corrected chi connectivity index (χ2v) is 4.69. The molecule has 0 unspecified atom stereocenters. The van der Waals surface area contributed by atoms with Crippen molar-refractivity contribution in [1.82, 2.24) is 0 Å². The van der Waals surface area contributed by atoms with E-state index >= 15 is 0 Å². The van der Waals surface area contributed by atoms with Crippen LogP contribution in [0.1, 0.15) is 12.8 Å². The maximum Gasteiger partial charge on any atom is 0.139 e. The average Bonchev–Trinajstić information content (AvgIpc) is 1.81. The van der Waals surface area contributed by atoms with E-state index < -0.39 is 0 Å². The summed E-state index contributed by atoms with van der Waals surface area (Å²) < 4.78 is 5.28. The lowest BCUT2D eigenvalue weighted by atomic mass is 10.4. The molecule has 0 rings (SSSR count). The minimum atomic E-state index is -0.0182. The number of unbranched alkanes of at least 4 members (excludes halogenated alkanes) is 1. The number of alkyl halides is 1. The molecule has 0 heterocycles. The molecule has 0 saturated carbocycles. The van der Waals surface area contributed by atoms with Crippen molar-refractivity contribution in [2.24, 2.45) is 0 Å². The van der Waals surface area contributed by atoms with Crippen molar-refractivity contribution >= 4 is 30.6 Å². The molecule has 0 amide bonds. The first-order chi connectivity index (χ1) is 3.91. The molecule has 0 aliphatic heterocycles. The molecule has 0 aromatic rings. The summed E-state index contributed by atoms with van der Waals surface area (Å²) in [6.07, 6.45) is 2.26. The Morgan fingerprint density at radius 1 is 1.50 bits per heavy atom. The van der Waals surface area contributed by atoms with Crippen LogP contribution in [-0.2, 0) is 4.43 Å². The van der Waals surface area contributed by atoms with Crippen LogP contribution in [0.3, 0.4) is 0 Å². The number of hydrogen-bond donors (Lipinski definition) is 0. The molecule has 0 bridgehead atoms. The van der Waals surface area contributed by atoms with Gasteiger partial charge in [-0.25, -0.2) is 0 Å². The fourth-order valence-electron chi connectivity index (χ4n) is 0.443. The van der Waals surface area contributed by atoms with Crippen LogP contribution < -0.4 is 0 Å². The molecule has 0 atom stereocenters. The van der Waals surface area contributed by atoms with Gasteiger partial charge in [0.25, 0.3) is 0 Å². The second kappa shape index (κ2) is 7.68. The molecule has 0 fully saturated rings. The van der Waals surface area contributed by atoms with Crippen LogP contribution in [0.2, 0.25) is 0 Å². The molecule has 0 radical (unpaired) electrons. The first-order valence-corrected chi connectivity index (χ1v) is 9.82. The van der Waals surface area contributed by atoms with Crippen molar-refractivity contribution in [2.45, 2.75) is 12.8 Å². The minimum Gasteiger partial charge on any atom is -0.428 e. The van der Waals surface area contributed by atoms with E-state index in [0.29, 0.717) is 0 Å². The van der Waals surface area contributed by atoms with Crippen molar-refractivity contribution in [3.05, 3.63) is 0 Å². The maximum atomic E-state index is 5.44. The number of rotatable bonds is 5. The van der Waals surface area contributed by atoms with Crippen molar-refractivity contribution in [3.8, 4) is 0 Å². The zero-order valence-corrected chi connectivity index (χ0v) is 9.49. The topological polar surface area (TPSA) is 9.23 Å². The molecule has 0 spiro atoms. The van der Waals surface area contributed by atoms with Crippen LogP contribution in [0.4, 0.5) is 0 Å². The lowest BCUT2D eigenvalue weighted by Crippen LogP contribution is -1.99. The Labute approximate surface area is 60.9 Å². The zero-order chi connectivity index (χ0) is 6.24. The Kier molecular flexibility index (Phi) is 8.34. The average molecular weight is 169 g/mol. The van der Waals surface area contributed by atoms with E-state index in [0.717, 1.165) is 25.3 Å². The highest BCUT2D eigenvalue weighted by Gasteiger charge is 1.83. The Balaban J connectivity index is 2.53. The molecule has 0 N–H and O–H groups in total. The summed E-state index contributed by atoms with van der Waals surface area (Å²) in [6.45, 7) is 0.961. The van der Waals surface area contributed by atoms with E-state index in [-0.39, 0.29) is 9.28 Å². The largest absolute Gasteiger partial charge is 0.428 e. The zero-order valence-electron chi connectivity index (χ0n) is 5.32. The van der Waals surface area contributed by atoms with Gasteiger partial charge in [-0.05, 0) is 12.8 Å². The second-order valence-electron chi connectivity index (χ2n) is 1.59. The lowest BCUT2D eigenvalue weighted by molar-refractivity contribution is 0.335. The molecule has 0 aliphatic rings. The third-order valence-electron chi connectivity index (χ3n) is 0.876. The maximum absolute atomic E-state index is 5.44. The van der Waals surface area contributed by atoms with Gasteiger partial charge in [-0.1, -0.05) is 0 Å². The van der Waals surface area contributed by atoms with Crippen molar-refractivity contribution in [2.75, 3.05) is 12.5 Å². The summed E-state index contributed by atoms with van der Waals surface area (Å²) in [5, 5.41) is 0. The van der Waals surface area contributed by atoms with Crippen molar-refractivity contribution in [1.29, 1.82) is 0 Å². The monoisotopic (exact) mass is 168 g/mol. The van der Waals surface area contributed by atoms with E-state index in [9.17, 15) is 0 Å². The predicted molar refractivity (Wildman–Crippen MR) is 44.4 cm³/mol. The highest BCUT2D eigenvalue weighted by atomic mass is 35.5. The van der Waals surface area contributed by atoms with Gasteiger partial charge in [0.1, 0.15) is 9.28 Å². The molecule has 0 aromatic carbocycles. The lowest BCUT2D eigenvalue weighted by Gasteiger charge is -1.96. The molecule has 1 nitrogen and oxygen atoms in total. The van der Waals surface area contributed by atoms with Gasteiger partial charge in [0, 0.05) is 22.2 Å². The number of hydrogen-bond acceptors (Lipinski definition) is 1. The summed E-state index contributed by atoms with van der Waals surface area (Å²) in [6, 6.07) is 0. The summed E-state index contributed by atoms with van der Waals surface area (Å²) in [5.74, 6) is 0.784. The van der Waals surface area contributed by atoms with Gasteiger partial charge in [-0.2, -0.15) is 0 Å². The molecule has 0 saturated heterocycles. The number of halogens is 1. The van der Waals surface area contributed by atoms with Crippen LogP contribution >= 0.6 is 11.6 Å². The fraction of sp³-hybridized carbons (Fsp3) is 1.00. The van der Waals surface area contributed by atoms with Crippen LogP contribution in [0.25, 0.3) is 0 Å². The Morgan fingerprint density at radius 2 is 2.25 bits per heavy atom. The Hall–Kier alpha value is 0.684. The molecule has 0 aromatic heterocycles. The van der Waals surface area contributed by atoms with Gasteiger partial charge in [0.2, 0.25) is 0 Å². The molecule has 50 valence electrons. The van der Waals surface area contributed by atoms with E-state index in [1.165, 1.54) is 9.76 Å². The van der Waals surface area contributed by atoms with Crippen LogP contribution in [0.5, 0.6) is 0 Å². The summed E-state index contributed by atoms with van der Waals surface area (Å²) >= 11 is 5.44. The first-order valence-electron chi connectivity index (χ1n) is 3.05. The molecule has 8 heavy (non-hydrogen) atoms. The Bertz CT molecular complexity index is 39.0. The predicted octanol–water partition coefficient (Wildman–Crippen LogP) is -0.614. The first kappa shape index (κ1) is 8.68. The van der Waals surface area contributed by atoms with Gasteiger partial charge >= 0.3 is 0 Å². The van der Waals surface area contributed by atoms with Gasteiger partial charge < -0.3 is 4.43 Å². The molecule has 0 aliphatic carbocycles. The SMILES string of the molecule is [SiH3][SiH2]OCCCCCl. The van der Waals surface area contributed by atoms with Gasteiger partial charge in [0.05, 0.1) is 0 Å². The molecule has 4 heteroatoms.